The van der Waals surface area contributed by atoms with Crippen LogP contribution in [0.2, 0.25) is 0 Å². The van der Waals surface area contributed by atoms with Crippen LogP contribution in [0.1, 0.15) is 32.4 Å². The van der Waals surface area contributed by atoms with Crippen molar-refractivity contribution >= 4 is 15.9 Å². The number of rotatable bonds is 6. The summed E-state index contributed by atoms with van der Waals surface area (Å²) in [6, 6.07) is 4.87. The van der Waals surface area contributed by atoms with Crippen LogP contribution in [-0.4, -0.2) is 19.8 Å². The van der Waals surface area contributed by atoms with Gasteiger partial charge in [-0.15, -0.1) is 0 Å². The molecule has 18 heavy (non-hydrogen) atoms. The van der Waals surface area contributed by atoms with Crippen LogP contribution in [0.3, 0.4) is 0 Å². The van der Waals surface area contributed by atoms with E-state index < -0.39 is 0 Å². The van der Waals surface area contributed by atoms with E-state index in [-0.39, 0.29) is 18.0 Å². The number of methoxy groups -OCH3 is 1. The molecule has 0 aromatic heterocycles. The van der Waals surface area contributed by atoms with Crippen molar-refractivity contribution in [3.05, 3.63) is 34.1 Å². The fraction of sp³-hybridized carbons (Fsp3) is 0.571. The van der Waals surface area contributed by atoms with Crippen LogP contribution in [0, 0.1) is 11.7 Å². The molecule has 102 valence electrons. The third-order valence-electron chi connectivity index (χ3n) is 2.97. The van der Waals surface area contributed by atoms with Crippen LogP contribution < -0.4 is 5.32 Å². The first-order chi connectivity index (χ1) is 8.51. The van der Waals surface area contributed by atoms with Crippen LogP contribution in [0.15, 0.2) is 22.7 Å². The van der Waals surface area contributed by atoms with Crippen LogP contribution >= 0.6 is 15.9 Å². The maximum absolute atomic E-state index is 14.0. The molecule has 1 aromatic rings. The lowest BCUT2D eigenvalue weighted by molar-refractivity contribution is 0.0321. The molecule has 0 fully saturated rings. The lowest BCUT2D eigenvalue weighted by Gasteiger charge is -2.30. The Kier molecular flexibility index (Phi) is 6.26. The van der Waals surface area contributed by atoms with E-state index in [9.17, 15) is 4.39 Å². The van der Waals surface area contributed by atoms with Gasteiger partial charge in [0, 0.05) is 17.1 Å². The molecule has 2 atom stereocenters. The van der Waals surface area contributed by atoms with Crippen molar-refractivity contribution in [1.29, 1.82) is 0 Å². The molecule has 0 aliphatic heterocycles. The Morgan fingerprint density at radius 3 is 2.56 bits per heavy atom. The second-order valence-corrected chi connectivity index (χ2v) is 5.56. The minimum absolute atomic E-state index is 0.0613. The van der Waals surface area contributed by atoms with Crippen molar-refractivity contribution in [1.82, 2.24) is 5.32 Å². The number of likely N-dealkylation sites (N-methyl/N-ethyl adjacent to an activating group) is 1. The summed E-state index contributed by atoms with van der Waals surface area (Å²) in [4.78, 5) is 0. The van der Waals surface area contributed by atoms with Crippen LogP contribution in [0.25, 0.3) is 0 Å². The topological polar surface area (TPSA) is 21.3 Å². The summed E-state index contributed by atoms with van der Waals surface area (Å²) >= 11 is 3.39. The van der Waals surface area contributed by atoms with E-state index in [4.69, 9.17) is 4.74 Å². The first-order valence-electron chi connectivity index (χ1n) is 6.22. The summed E-state index contributed by atoms with van der Waals surface area (Å²) in [6.07, 6.45) is -0.0613. The van der Waals surface area contributed by atoms with Gasteiger partial charge in [0.25, 0.3) is 0 Å². The molecule has 0 saturated heterocycles. The molecule has 0 radical (unpaired) electrons. The lowest BCUT2D eigenvalue weighted by Crippen LogP contribution is -2.37. The smallest absolute Gasteiger partial charge is 0.128 e. The second kappa shape index (κ2) is 7.22. The van der Waals surface area contributed by atoms with E-state index in [1.54, 1.807) is 13.2 Å². The number of nitrogens with one attached hydrogen (secondary N) is 1. The second-order valence-electron chi connectivity index (χ2n) is 4.65. The van der Waals surface area contributed by atoms with Gasteiger partial charge in [-0.2, -0.15) is 0 Å². The molecule has 0 amide bonds. The largest absolute Gasteiger partial charge is 0.379 e. The molecule has 1 N–H and O–H groups in total. The Morgan fingerprint density at radius 2 is 2.06 bits per heavy atom. The fourth-order valence-electron chi connectivity index (χ4n) is 2.17. The highest BCUT2D eigenvalue weighted by Gasteiger charge is 2.27. The Balaban J connectivity index is 3.13. The van der Waals surface area contributed by atoms with Crippen molar-refractivity contribution in [3.8, 4) is 0 Å². The SMILES string of the molecule is CCNC(c1cc(Br)ccc1F)C(OC)C(C)C. The van der Waals surface area contributed by atoms with Gasteiger partial charge in [0.05, 0.1) is 12.1 Å². The molecule has 1 aromatic carbocycles. The quantitative estimate of drug-likeness (QED) is 0.859. The zero-order valence-corrected chi connectivity index (χ0v) is 12.9. The van der Waals surface area contributed by atoms with Gasteiger partial charge in [-0.05, 0) is 30.7 Å². The molecule has 0 spiro atoms. The first-order valence-corrected chi connectivity index (χ1v) is 7.01. The Labute approximate surface area is 117 Å². The highest BCUT2D eigenvalue weighted by molar-refractivity contribution is 9.10. The summed E-state index contributed by atoms with van der Waals surface area (Å²) < 4.78 is 20.4. The monoisotopic (exact) mass is 317 g/mol. The average Bonchev–Trinajstić information content (AvgIpc) is 2.32. The lowest BCUT2D eigenvalue weighted by atomic mass is 9.93. The zero-order chi connectivity index (χ0) is 13.7. The fourth-order valence-corrected chi connectivity index (χ4v) is 2.55. The van der Waals surface area contributed by atoms with E-state index in [0.717, 1.165) is 11.0 Å². The summed E-state index contributed by atoms with van der Waals surface area (Å²) in [5.74, 6) is 0.101. The molecule has 2 unspecified atom stereocenters. The van der Waals surface area contributed by atoms with Gasteiger partial charge < -0.3 is 10.1 Å². The Morgan fingerprint density at radius 1 is 1.39 bits per heavy atom. The predicted molar refractivity (Wildman–Crippen MR) is 76.2 cm³/mol. The average molecular weight is 318 g/mol. The Hall–Kier alpha value is -0.450. The molecule has 2 nitrogen and oxygen atoms in total. The maximum Gasteiger partial charge on any atom is 0.128 e. The minimum Gasteiger partial charge on any atom is -0.379 e. The molecule has 0 heterocycles. The van der Waals surface area contributed by atoms with E-state index in [1.807, 2.05) is 13.0 Å². The molecular formula is C14H21BrFNO. The van der Waals surface area contributed by atoms with E-state index in [1.165, 1.54) is 6.07 Å². The first kappa shape index (κ1) is 15.6. The highest BCUT2D eigenvalue weighted by Crippen LogP contribution is 2.28. The minimum atomic E-state index is -0.202. The van der Waals surface area contributed by atoms with E-state index >= 15 is 0 Å². The standard InChI is InChI=1S/C14H21BrFNO/c1-5-17-13(14(18-4)9(2)3)11-8-10(15)6-7-12(11)16/h6-9,13-14,17H,5H2,1-4H3. The van der Waals surface area contributed by atoms with Gasteiger partial charge in [0.2, 0.25) is 0 Å². The number of ether oxygens (including phenoxy) is 1. The summed E-state index contributed by atoms with van der Waals surface area (Å²) in [6.45, 7) is 6.93. The van der Waals surface area contributed by atoms with E-state index in [2.05, 4.69) is 35.1 Å². The molecule has 1 rings (SSSR count). The van der Waals surface area contributed by atoms with Gasteiger partial charge in [-0.3, -0.25) is 0 Å². The molecule has 0 aliphatic carbocycles. The number of hydrogen-bond donors (Lipinski definition) is 1. The van der Waals surface area contributed by atoms with Gasteiger partial charge in [-0.25, -0.2) is 4.39 Å². The molecule has 4 heteroatoms. The van der Waals surface area contributed by atoms with E-state index in [0.29, 0.717) is 11.5 Å². The van der Waals surface area contributed by atoms with Crippen molar-refractivity contribution < 1.29 is 9.13 Å². The molecular weight excluding hydrogens is 297 g/mol. The summed E-state index contributed by atoms with van der Waals surface area (Å²) in [5.41, 5.74) is 0.645. The Bertz CT molecular complexity index is 384. The van der Waals surface area contributed by atoms with Gasteiger partial charge in [0.1, 0.15) is 5.82 Å². The third-order valence-corrected chi connectivity index (χ3v) is 3.47. The van der Waals surface area contributed by atoms with Crippen molar-refractivity contribution in [3.63, 3.8) is 0 Å². The molecule has 0 saturated carbocycles. The van der Waals surface area contributed by atoms with Crippen molar-refractivity contribution in [2.45, 2.75) is 32.9 Å². The maximum atomic E-state index is 14.0. The van der Waals surface area contributed by atoms with Crippen LogP contribution in [0.5, 0.6) is 0 Å². The number of halogens is 2. The number of hydrogen-bond acceptors (Lipinski definition) is 2. The highest BCUT2D eigenvalue weighted by atomic mass is 79.9. The predicted octanol–water partition coefficient (Wildman–Crippen LogP) is 3.91. The molecule has 0 bridgehead atoms. The normalized spacial score (nSPS) is 14.8. The third kappa shape index (κ3) is 3.77. The zero-order valence-electron chi connectivity index (χ0n) is 11.3. The number of benzene rings is 1. The van der Waals surface area contributed by atoms with Crippen molar-refractivity contribution in [2.24, 2.45) is 5.92 Å². The summed E-state index contributed by atoms with van der Waals surface area (Å²) in [5, 5.41) is 3.31. The molecule has 0 aliphatic rings. The van der Waals surface area contributed by atoms with Crippen molar-refractivity contribution in [2.75, 3.05) is 13.7 Å². The van der Waals surface area contributed by atoms with Gasteiger partial charge in [0.15, 0.2) is 0 Å². The summed E-state index contributed by atoms with van der Waals surface area (Å²) in [7, 11) is 1.67. The van der Waals surface area contributed by atoms with Crippen LogP contribution in [-0.2, 0) is 4.74 Å². The van der Waals surface area contributed by atoms with Gasteiger partial charge >= 0.3 is 0 Å². The van der Waals surface area contributed by atoms with Gasteiger partial charge in [-0.1, -0.05) is 36.7 Å². The van der Waals surface area contributed by atoms with Crippen LogP contribution in [0.4, 0.5) is 4.39 Å².